The minimum atomic E-state index is -0.114. The first-order chi connectivity index (χ1) is 8.58. The van der Waals surface area contributed by atoms with Crippen LogP contribution in [0.4, 0.5) is 0 Å². The van der Waals surface area contributed by atoms with Crippen LogP contribution in [0.5, 0.6) is 5.75 Å². The Morgan fingerprint density at radius 1 is 1.44 bits per heavy atom. The van der Waals surface area contributed by atoms with Crippen molar-refractivity contribution in [2.75, 3.05) is 13.7 Å². The number of pyridine rings is 1. The molecule has 1 aromatic heterocycles. The van der Waals surface area contributed by atoms with Crippen LogP contribution in [0.25, 0.3) is 0 Å². The Hall–Kier alpha value is -1.78. The Bertz CT molecular complexity index is 466. The maximum Gasteiger partial charge on any atom is 0.254 e. The minimum absolute atomic E-state index is 0.0247. The van der Waals surface area contributed by atoms with E-state index < -0.39 is 0 Å². The first kappa shape index (κ1) is 14.3. The molecular weight excluding hydrogens is 232 g/mol. The van der Waals surface area contributed by atoms with E-state index in [0.29, 0.717) is 25.3 Å². The van der Waals surface area contributed by atoms with Gasteiger partial charge in [0, 0.05) is 31.3 Å². The highest BCUT2D eigenvalue weighted by atomic mass is 16.5. The number of amides is 1. The topological polar surface area (TPSA) is 60.3 Å². The van der Waals surface area contributed by atoms with Gasteiger partial charge in [-0.3, -0.25) is 9.59 Å². The van der Waals surface area contributed by atoms with E-state index in [9.17, 15) is 9.59 Å². The van der Waals surface area contributed by atoms with Crippen molar-refractivity contribution in [1.82, 2.24) is 9.88 Å². The zero-order chi connectivity index (χ0) is 13.5. The van der Waals surface area contributed by atoms with Gasteiger partial charge >= 0.3 is 0 Å². The van der Waals surface area contributed by atoms with Gasteiger partial charge in [-0.2, -0.15) is 0 Å². The van der Waals surface area contributed by atoms with Crippen molar-refractivity contribution in [2.24, 2.45) is 0 Å². The van der Waals surface area contributed by atoms with E-state index in [2.05, 4.69) is 5.32 Å². The lowest BCUT2D eigenvalue weighted by molar-refractivity contribution is -0.121. The van der Waals surface area contributed by atoms with Crippen LogP contribution in [-0.4, -0.2) is 24.1 Å². The molecule has 5 nitrogen and oxygen atoms in total. The molecule has 5 heteroatoms. The second kappa shape index (κ2) is 6.83. The number of carbonyl (C=O) groups excluding carboxylic acids is 1. The number of hydrogen-bond donors (Lipinski definition) is 1. The van der Waals surface area contributed by atoms with Crippen LogP contribution in [0, 0.1) is 6.92 Å². The summed E-state index contributed by atoms with van der Waals surface area (Å²) in [4.78, 5) is 23.1. The van der Waals surface area contributed by atoms with E-state index in [4.69, 9.17) is 4.74 Å². The van der Waals surface area contributed by atoms with Gasteiger partial charge < -0.3 is 14.6 Å². The third kappa shape index (κ3) is 3.91. The van der Waals surface area contributed by atoms with E-state index >= 15 is 0 Å². The number of aromatic nitrogens is 1. The van der Waals surface area contributed by atoms with Crippen molar-refractivity contribution in [1.29, 1.82) is 0 Å². The van der Waals surface area contributed by atoms with Crippen molar-refractivity contribution in [3.05, 3.63) is 28.2 Å². The summed E-state index contributed by atoms with van der Waals surface area (Å²) < 4.78 is 6.64. The largest absolute Gasteiger partial charge is 0.496 e. The van der Waals surface area contributed by atoms with Crippen LogP contribution in [0.1, 0.15) is 25.5 Å². The van der Waals surface area contributed by atoms with E-state index in [1.807, 2.05) is 13.8 Å². The number of nitrogens with one attached hydrogen (secondary N) is 1. The number of methoxy groups -OCH3 is 1. The molecule has 0 aliphatic rings. The third-order valence-corrected chi connectivity index (χ3v) is 2.68. The molecule has 0 unspecified atom stereocenters. The normalized spacial score (nSPS) is 10.2. The number of nitrogens with zero attached hydrogens (tertiary/aromatic N) is 1. The molecule has 0 aromatic carbocycles. The summed E-state index contributed by atoms with van der Waals surface area (Å²) in [6, 6.07) is 3.25. The second-order valence-electron chi connectivity index (χ2n) is 4.13. The molecule has 0 aliphatic heterocycles. The van der Waals surface area contributed by atoms with E-state index in [1.54, 1.807) is 10.6 Å². The van der Waals surface area contributed by atoms with Gasteiger partial charge in [-0.25, -0.2) is 0 Å². The van der Waals surface area contributed by atoms with Crippen LogP contribution in [-0.2, 0) is 11.3 Å². The summed E-state index contributed by atoms with van der Waals surface area (Å²) in [5.74, 6) is 0.584. The molecule has 1 rings (SSSR count). The Kier molecular flexibility index (Phi) is 5.42. The predicted molar refractivity (Wildman–Crippen MR) is 69.9 cm³/mol. The van der Waals surface area contributed by atoms with Gasteiger partial charge in [0.15, 0.2) is 0 Å². The lowest BCUT2D eigenvalue weighted by Gasteiger charge is -2.11. The highest BCUT2D eigenvalue weighted by Crippen LogP contribution is 2.08. The highest BCUT2D eigenvalue weighted by molar-refractivity contribution is 5.75. The van der Waals surface area contributed by atoms with Gasteiger partial charge in [0.25, 0.3) is 5.56 Å². The van der Waals surface area contributed by atoms with Crippen LogP contribution < -0.4 is 15.6 Å². The quantitative estimate of drug-likeness (QED) is 0.824. The summed E-state index contributed by atoms with van der Waals surface area (Å²) in [6.45, 7) is 4.74. The number of carbonyl (C=O) groups is 1. The van der Waals surface area contributed by atoms with Gasteiger partial charge in [0.05, 0.1) is 7.11 Å². The standard InChI is InChI=1S/C13H20N2O3/c1-4-5-12(16)14-6-7-15-10(2)8-11(18-3)9-13(15)17/h8-9H,4-7H2,1-3H3,(H,14,16). The smallest absolute Gasteiger partial charge is 0.254 e. The summed E-state index contributed by atoms with van der Waals surface area (Å²) in [7, 11) is 1.53. The van der Waals surface area contributed by atoms with E-state index in [0.717, 1.165) is 12.1 Å². The van der Waals surface area contributed by atoms with Crippen molar-refractivity contribution in [2.45, 2.75) is 33.2 Å². The molecule has 0 saturated carbocycles. The fourth-order valence-electron chi connectivity index (χ4n) is 1.73. The lowest BCUT2D eigenvalue weighted by atomic mass is 10.3. The lowest BCUT2D eigenvalue weighted by Crippen LogP contribution is -2.31. The van der Waals surface area contributed by atoms with Crippen molar-refractivity contribution < 1.29 is 9.53 Å². The number of ether oxygens (including phenoxy) is 1. The predicted octanol–water partition coefficient (Wildman–Crippen LogP) is 1.08. The zero-order valence-electron chi connectivity index (χ0n) is 11.2. The molecule has 100 valence electrons. The summed E-state index contributed by atoms with van der Waals surface area (Å²) >= 11 is 0. The first-order valence-corrected chi connectivity index (χ1v) is 6.10. The maximum absolute atomic E-state index is 11.8. The van der Waals surface area contributed by atoms with Crippen LogP contribution in [0.3, 0.4) is 0 Å². The fourth-order valence-corrected chi connectivity index (χ4v) is 1.73. The summed E-state index contributed by atoms with van der Waals surface area (Å²) in [5, 5.41) is 2.79. The second-order valence-corrected chi connectivity index (χ2v) is 4.13. The molecule has 0 fully saturated rings. The molecule has 0 atom stereocenters. The van der Waals surface area contributed by atoms with Gasteiger partial charge in [0.1, 0.15) is 5.75 Å². The Morgan fingerprint density at radius 2 is 2.17 bits per heavy atom. The molecule has 18 heavy (non-hydrogen) atoms. The SMILES string of the molecule is CCCC(=O)NCCn1c(C)cc(OC)cc1=O. The Balaban J connectivity index is 2.63. The molecule has 0 bridgehead atoms. The summed E-state index contributed by atoms with van der Waals surface area (Å²) in [6.07, 6.45) is 1.35. The molecule has 1 aromatic rings. The molecule has 0 saturated heterocycles. The van der Waals surface area contributed by atoms with Crippen molar-refractivity contribution in [3.63, 3.8) is 0 Å². The summed E-state index contributed by atoms with van der Waals surface area (Å²) in [5.41, 5.74) is 0.709. The van der Waals surface area contributed by atoms with Gasteiger partial charge in [0.2, 0.25) is 5.91 Å². The highest BCUT2D eigenvalue weighted by Gasteiger charge is 2.04. The van der Waals surface area contributed by atoms with Crippen LogP contribution in [0.15, 0.2) is 16.9 Å². The van der Waals surface area contributed by atoms with Crippen LogP contribution in [0.2, 0.25) is 0 Å². The van der Waals surface area contributed by atoms with E-state index in [1.165, 1.54) is 13.2 Å². The monoisotopic (exact) mass is 252 g/mol. The molecule has 0 spiro atoms. The Labute approximate surface area is 107 Å². The van der Waals surface area contributed by atoms with Gasteiger partial charge in [-0.1, -0.05) is 6.92 Å². The minimum Gasteiger partial charge on any atom is -0.496 e. The number of hydrogen-bond acceptors (Lipinski definition) is 3. The fraction of sp³-hybridized carbons (Fsp3) is 0.538. The average Bonchev–Trinajstić information content (AvgIpc) is 2.32. The molecule has 0 aliphatic carbocycles. The maximum atomic E-state index is 11.8. The first-order valence-electron chi connectivity index (χ1n) is 6.10. The number of aryl methyl sites for hydroxylation is 1. The van der Waals surface area contributed by atoms with Gasteiger partial charge in [-0.15, -0.1) is 0 Å². The zero-order valence-corrected chi connectivity index (χ0v) is 11.2. The van der Waals surface area contributed by atoms with Crippen LogP contribution >= 0.6 is 0 Å². The molecular formula is C13H20N2O3. The van der Waals surface area contributed by atoms with Gasteiger partial charge in [-0.05, 0) is 19.4 Å². The third-order valence-electron chi connectivity index (χ3n) is 2.68. The average molecular weight is 252 g/mol. The van der Waals surface area contributed by atoms with Crippen molar-refractivity contribution in [3.8, 4) is 5.75 Å². The molecule has 0 radical (unpaired) electrons. The van der Waals surface area contributed by atoms with E-state index in [-0.39, 0.29) is 11.5 Å². The Morgan fingerprint density at radius 3 is 2.72 bits per heavy atom. The number of rotatable bonds is 6. The molecule has 1 heterocycles. The molecule has 1 amide bonds. The molecule has 1 N–H and O–H groups in total. The van der Waals surface area contributed by atoms with Crippen molar-refractivity contribution >= 4 is 5.91 Å².